The minimum Gasteiger partial charge on any atom is -0.308 e. The average molecular weight is 197 g/mol. The quantitative estimate of drug-likeness (QED) is 0.692. The van der Waals surface area contributed by atoms with Crippen molar-refractivity contribution in [1.82, 2.24) is 25.5 Å². The van der Waals surface area contributed by atoms with Gasteiger partial charge < -0.3 is 5.32 Å². The van der Waals surface area contributed by atoms with Gasteiger partial charge in [0.2, 0.25) is 0 Å². The number of hydrogen-bond acceptors (Lipinski definition) is 5. The Labute approximate surface area is 82.7 Å². The summed E-state index contributed by atoms with van der Waals surface area (Å²) in [6, 6.07) is 0. The maximum absolute atomic E-state index is 11.7. The summed E-state index contributed by atoms with van der Waals surface area (Å²) in [4.78, 5) is 13.0. The van der Waals surface area contributed by atoms with Crippen molar-refractivity contribution in [2.75, 3.05) is 7.05 Å². The van der Waals surface area contributed by atoms with Crippen LogP contribution in [0.2, 0.25) is 0 Å². The average Bonchev–Trinajstić information content (AvgIpc) is 2.51. The van der Waals surface area contributed by atoms with Crippen molar-refractivity contribution < 1.29 is 4.79 Å². The predicted molar refractivity (Wildman–Crippen MR) is 50.6 cm³/mol. The van der Waals surface area contributed by atoms with Crippen molar-refractivity contribution in [2.24, 2.45) is 7.05 Å². The van der Waals surface area contributed by atoms with Gasteiger partial charge in [-0.15, -0.1) is 10.2 Å². The van der Waals surface area contributed by atoms with E-state index in [0.717, 1.165) is 0 Å². The van der Waals surface area contributed by atoms with E-state index < -0.39 is 5.54 Å². The van der Waals surface area contributed by atoms with Crippen molar-refractivity contribution in [1.29, 1.82) is 0 Å². The molecule has 0 aliphatic carbocycles. The normalized spacial score (nSPS) is 11.7. The number of Topliss-reactive ketones (excluding diaryl/α,β-unsaturated/α-hetero) is 1. The van der Waals surface area contributed by atoms with Gasteiger partial charge in [0.15, 0.2) is 11.6 Å². The van der Waals surface area contributed by atoms with Crippen molar-refractivity contribution in [3.8, 4) is 0 Å². The van der Waals surface area contributed by atoms with Crippen LogP contribution >= 0.6 is 0 Å². The van der Waals surface area contributed by atoms with Gasteiger partial charge in [0, 0.05) is 0 Å². The second kappa shape index (κ2) is 3.83. The number of ketones is 1. The molecule has 6 heteroatoms. The Morgan fingerprint density at radius 1 is 1.57 bits per heavy atom. The van der Waals surface area contributed by atoms with Gasteiger partial charge in [-0.25, -0.2) is 0 Å². The number of aromatic nitrogens is 4. The summed E-state index contributed by atoms with van der Waals surface area (Å²) in [6.45, 7) is 3.65. The van der Waals surface area contributed by atoms with Crippen LogP contribution in [0.5, 0.6) is 0 Å². The number of carbonyl (C=O) groups is 1. The van der Waals surface area contributed by atoms with Crippen LogP contribution in [-0.4, -0.2) is 38.6 Å². The van der Waals surface area contributed by atoms with Gasteiger partial charge in [-0.1, -0.05) is 0 Å². The van der Waals surface area contributed by atoms with E-state index in [9.17, 15) is 4.79 Å². The first-order chi connectivity index (χ1) is 6.45. The third kappa shape index (κ3) is 2.35. The van der Waals surface area contributed by atoms with E-state index in [-0.39, 0.29) is 12.2 Å². The maximum atomic E-state index is 11.7. The molecule has 6 nitrogen and oxygen atoms in total. The van der Waals surface area contributed by atoms with Gasteiger partial charge in [-0.05, 0) is 26.1 Å². The molecule has 1 aromatic heterocycles. The highest BCUT2D eigenvalue weighted by Gasteiger charge is 2.26. The second-order valence-electron chi connectivity index (χ2n) is 3.67. The molecule has 0 fully saturated rings. The van der Waals surface area contributed by atoms with Gasteiger partial charge in [-0.3, -0.25) is 4.79 Å². The van der Waals surface area contributed by atoms with Gasteiger partial charge in [0.25, 0.3) is 0 Å². The SMILES string of the molecule is CNC(C)(C)C(=O)Cc1nnn(C)n1. The zero-order chi connectivity index (χ0) is 10.8. The largest absolute Gasteiger partial charge is 0.308 e. The number of likely N-dealkylation sites (N-methyl/N-ethyl adjacent to an activating group) is 1. The molecule has 0 unspecified atom stereocenters. The van der Waals surface area contributed by atoms with E-state index in [1.165, 1.54) is 4.80 Å². The molecular formula is C8H15N5O. The van der Waals surface area contributed by atoms with Crippen LogP contribution < -0.4 is 5.32 Å². The highest BCUT2D eigenvalue weighted by atomic mass is 16.1. The van der Waals surface area contributed by atoms with Crippen LogP contribution in [0.4, 0.5) is 0 Å². The monoisotopic (exact) mass is 197 g/mol. The predicted octanol–water partition coefficient (Wildman–Crippen LogP) is -0.680. The number of tetrazole rings is 1. The molecule has 1 heterocycles. The van der Waals surface area contributed by atoms with E-state index >= 15 is 0 Å². The molecule has 0 amide bonds. The van der Waals surface area contributed by atoms with Crippen molar-refractivity contribution in [2.45, 2.75) is 25.8 Å². The molecule has 0 radical (unpaired) electrons. The second-order valence-corrected chi connectivity index (χ2v) is 3.67. The van der Waals surface area contributed by atoms with Crippen LogP contribution in [-0.2, 0) is 18.3 Å². The standard InChI is InChI=1S/C8H15N5O/c1-8(2,9-3)6(14)5-7-10-12-13(4)11-7/h9H,5H2,1-4H3. The lowest BCUT2D eigenvalue weighted by Gasteiger charge is -2.21. The zero-order valence-electron chi connectivity index (χ0n) is 8.90. The fourth-order valence-electron chi connectivity index (χ4n) is 0.898. The highest BCUT2D eigenvalue weighted by molar-refractivity contribution is 5.88. The molecule has 0 saturated heterocycles. The number of carbonyl (C=O) groups excluding carboxylic acids is 1. The molecule has 0 aromatic carbocycles. The lowest BCUT2D eigenvalue weighted by molar-refractivity contribution is -0.123. The smallest absolute Gasteiger partial charge is 0.182 e. The minimum atomic E-state index is -0.542. The first kappa shape index (κ1) is 10.8. The van der Waals surface area contributed by atoms with E-state index in [2.05, 4.69) is 20.7 Å². The lowest BCUT2D eigenvalue weighted by Crippen LogP contribution is -2.45. The maximum Gasteiger partial charge on any atom is 0.182 e. The lowest BCUT2D eigenvalue weighted by atomic mass is 9.97. The van der Waals surface area contributed by atoms with Crippen molar-refractivity contribution in [3.05, 3.63) is 5.82 Å². The molecule has 1 N–H and O–H groups in total. The Bertz CT molecular complexity index is 330. The Kier molecular flexibility index (Phi) is 2.95. The molecule has 0 aliphatic rings. The fourth-order valence-corrected chi connectivity index (χ4v) is 0.898. The minimum absolute atomic E-state index is 0.0491. The van der Waals surface area contributed by atoms with Crippen molar-refractivity contribution >= 4 is 5.78 Å². The molecule has 78 valence electrons. The third-order valence-electron chi connectivity index (χ3n) is 2.19. The number of hydrogen-bond donors (Lipinski definition) is 1. The van der Waals surface area contributed by atoms with Crippen LogP contribution in [0.1, 0.15) is 19.7 Å². The summed E-state index contributed by atoms with van der Waals surface area (Å²) in [7, 11) is 3.42. The first-order valence-corrected chi connectivity index (χ1v) is 4.41. The van der Waals surface area contributed by atoms with Gasteiger partial charge in [-0.2, -0.15) is 4.80 Å². The van der Waals surface area contributed by atoms with E-state index in [0.29, 0.717) is 5.82 Å². The Morgan fingerprint density at radius 2 is 2.21 bits per heavy atom. The molecule has 0 atom stereocenters. The van der Waals surface area contributed by atoms with Gasteiger partial charge in [0.05, 0.1) is 19.0 Å². The molecule has 0 spiro atoms. The topological polar surface area (TPSA) is 72.7 Å². The van der Waals surface area contributed by atoms with Crippen LogP contribution in [0.15, 0.2) is 0 Å². The summed E-state index contributed by atoms with van der Waals surface area (Å²) in [5, 5.41) is 14.3. The molecular weight excluding hydrogens is 182 g/mol. The zero-order valence-corrected chi connectivity index (χ0v) is 8.90. The van der Waals surface area contributed by atoms with E-state index in [1.807, 2.05) is 13.8 Å². The van der Waals surface area contributed by atoms with E-state index in [1.54, 1.807) is 14.1 Å². The van der Waals surface area contributed by atoms with Gasteiger partial charge in [0.1, 0.15) is 0 Å². The summed E-state index contributed by atoms with van der Waals surface area (Å²) in [6.07, 6.45) is 0.210. The van der Waals surface area contributed by atoms with Crippen LogP contribution in [0.25, 0.3) is 0 Å². The van der Waals surface area contributed by atoms with Gasteiger partial charge >= 0.3 is 0 Å². The molecule has 14 heavy (non-hydrogen) atoms. The number of aryl methyl sites for hydroxylation is 1. The molecule has 0 bridgehead atoms. The summed E-state index contributed by atoms with van der Waals surface area (Å²) in [5.74, 6) is 0.508. The Balaban J connectivity index is 2.66. The van der Waals surface area contributed by atoms with Crippen LogP contribution in [0, 0.1) is 0 Å². The highest BCUT2D eigenvalue weighted by Crippen LogP contribution is 2.05. The molecule has 0 saturated carbocycles. The fraction of sp³-hybridized carbons (Fsp3) is 0.750. The molecule has 1 aromatic rings. The number of nitrogens with zero attached hydrogens (tertiary/aromatic N) is 4. The molecule has 0 aliphatic heterocycles. The Hall–Kier alpha value is -1.30. The van der Waals surface area contributed by atoms with Crippen molar-refractivity contribution in [3.63, 3.8) is 0 Å². The molecule has 1 rings (SSSR count). The summed E-state index contributed by atoms with van der Waals surface area (Å²) >= 11 is 0. The first-order valence-electron chi connectivity index (χ1n) is 4.41. The van der Waals surface area contributed by atoms with Crippen LogP contribution in [0.3, 0.4) is 0 Å². The van der Waals surface area contributed by atoms with E-state index in [4.69, 9.17) is 0 Å². The number of rotatable bonds is 4. The third-order valence-corrected chi connectivity index (χ3v) is 2.19. The summed E-state index contributed by atoms with van der Waals surface area (Å²) in [5.41, 5.74) is -0.542. The Morgan fingerprint density at radius 3 is 2.64 bits per heavy atom. The number of nitrogens with one attached hydrogen (secondary N) is 1. The summed E-state index contributed by atoms with van der Waals surface area (Å²) < 4.78 is 0.